The number of hydrogen-bond donors (Lipinski definition) is 5. The van der Waals surface area contributed by atoms with Crippen molar-refractivity contribution in [3.8, 4) is 5.75 Å². The average Bonchev–Trinajstić information content (AvgIpc) is 2.70. The fourth-order valence-electron chi connectivity index (χ4n) is 3.58. The predicted molar refractivity (Wildman–Crippen MR) is 113 cm³/mol. The third kappa shape index (κ3) is 5.69. The van der Waals surface area contributed by atoms with E-state index in [1.165, 1.54) is 0 Å². The Morgan fingerprint density at radius 1 is 1.17 bits per heavy atom. The van der Waals surface area contributed by atoms with Crippen LogP contribution in [-0.2, 0) is 11.4 Å². The summed E-state index contributed by atoms with van der Waals surface area (Å²) in [5.41, 5.74) is 2.80. The Kier molecular flexibility index (Phi) is 7.09. The van der Waals surface area contributed by atoms with Crippen LogP contribution in [0, 0.1) is 0 Å². The van der Waals surface area contributed by atoms with Gasteiger partial charge in [-0.25, -0.2) is 0 Å². The number of benzene rings is 2. The van der Waals surface area contributed by atoms with Gasteiger partial charge in [0.25, 0.3) is 0 Å². The lowest BCUT2D eigenvalue weighted by Gasteiger charge is -2.32. The molecule has 5 N–H and O–H groups in total. The highest BCUT2D eigenvalue weighted by Crippen LogP contribution is 2.27. The van der Waals surface area contributed by atoms with Crippen molar-refractivity contribution in [2.24, 2.45) is 0 Å². The second-order valence-corrected chi connectivity index (χ2v) is 7.50. The van der Waals surface area contributed by atoms with Gasteiger partial charge in [0, 0.05) is 36.1 Å². The first kappa shape index (κ1) is 21.1. The van der Waals surface area contributed by atoms with Gasteiger partial charge in [0.2, 0.25) is 5.91 Å². The lowest BCUT2D eigenvalue weighted by molar-refractivity contribution is -0.117. The lowest BCUT2D eigenvalue weighted by atomic mass is 10.0. The quantitative estimate of drug-likeness (QED) is 0.490. The van der Waals surface area contributed by atoms with E-state index in [0.717, 1.165) is 42.9 Å². The summed E-state index contributed by atoms with van der Waals surface area (Å²) in [6.45, 7) is 3.40. The molecule has 2 aromatic rings. The zero-order valence-electron chi connectivity index (χ0n) is 16.6. The summed E-state index contributed by atoms with van der Waals surface area (Å²) < 4.78 is 0. The van der Waals surface area contributed by atoms with Crippen molar-refractivity contribution in [1.29, 1.82) is 0 Å². The van der Waals surface area contributed by atoms with Crippen LogP contribution in [0.5, 0.6) is 5.75 Å². The first-order chi connectivity index (χ1) is 14.0. The number of piperidine rings is 1. The molecule has 1 saturated heterocycles. The highest BCUT2D eigenvalue weighted by atomic mass is 16.3. The van der Waals surface area contributed by atoms with E-state index < -0.39 is 6.10 Å². The highest BCUT2D eigenvalue weighted by molar-refractivity contribution is 5.92. The summed E-state index contributed by atoms with van der Waals surface area (Å²) in [5.74, 6) is 0.0323. The summed E-state index contributed by atoms with van der Waals surface area (Å²) in [6.07, 6.45) is 1.22. The van der Waals surface area contributed by atoms with Crippen LogP contribution in [0.2, 0.25) is 0 Å². The Morgan fingerprint density at radius 2 is 1.86 bits per heavy atom. The number of aliphatic hydroxyl groups is 2. The molecule has 3 rings (SSSR count). The Hall–Kier alpha value is -2.61. The second-order valence-electron chi connectivity index (χ2n) is 7.50. The number of rotatable bonds is 7. The zero-order valence-corrected chi connectivity index (χ0v) is 16.6. The van der Waals surface area contributed by atoms with Crippen molar-refractivity contribution >= 4 is 17.3 Å². The molecule has 0 spiro atoms. The van der Waals surface area contributed by atoms with Gasteiger partial charge in [0.15, 0.2) is 0 Å². The molecule has 1 aliphatic heterocycles. The molecule has 1 atom stereocenters. The van der Waals surface area contributed by atoms with Crippen molar-refractivity contribution in [3.63, 3.8) is 0 Å². The van der Waals surface area contributed by atoms with E-state index in [-0.39, 0.29) is 24.3 Å². The van der Waals surface area contributed by atoms with Crippen LogP contribution in [0.15, 0.2) is 42.5 Å². The van der Waals surface area contributed by atoms with Gasteiger partial charge in [-0.05, 0) is 49.6 Å². The van der Waals surface area contributed by atoms with Gasteiger partial charge >= 0.3 is 0 Å². The molecule has 1 heterocycles. The van der Waals surface area contributed by atoms with Crippen LogP contribution in [0.25, 0.3) is 0 Å². The first-order valence-corrected chi connectivity index (χ1v) is 9.94. The number of nitrogens with one attached hydrogen (secondary N) is 2. The fourth-order valence-corrected chi connectivity index (χ4v) is 3.58. The monoisotopic (exact) mass is 399 g/mol. The summed E-state index contributed by atoms with van der Waals surface area (Å²) in [5, 5.41) is 35.2. The number of aliphatic hydroxyl groups excluding tert-OH is 2. The number of carbonyl (C=O) groups is 1. The summed E-state index contributed by atoms with van der Waals surface area (Å²) in [6, 6.07) is 12.6. The number of hydrogen-bond acceptors (Lipinski definition) is 6. The molecular formula is C22H29N3O4. The van der Waals surface area contributed by atoms with Crippen LogP contribution in [-0.4, -0.2) is 51.8 Å². The minimum Gasteiger partial charge on any atom is -0.508 e. The molecule has 0 aliphatic carbocycles. The van der Waals surface area contributed by atoms with Crippen LogP contribution < -0.4 is 10.6 Å². The summed E-state index contributed by atoms with van der Waals surface area (Å²) >= 11 is 0. The Morgan fingerprint density at radius 3 is 2.48 bits per heavy atom. The van der Waals surface area contributed by atoms with Gasteiger partial charge < -0.3 is 26.0 Å². The summed E-state index contributed by atoms with van der Waals surface area (Å²) in [4.78, 5) is 14.4. The van der Waals surface area contributed by atoms with Crippen molar-refractivity contribution < 1.29 is 20.1 Å². The maximum Gasteiger partial charge on any atom is 0.238 e. The zero-order chi connectivity index (χ0) is 20.8. The Labute approximate surface area is 171 Å². The number of anilines is 2. The maximum atomic E-state index is 12.3. The van der Waals surface area contributed by atoms with Gasteiger partial charge in [0.1, 0.15) is 5.75 Å². The SMILES string of the molecule is CC(O)c1ccc(NC(=O)CN2CCC(Nc3cccc(O)c3CO)CC2)cc1. The molecule has 0 bridgehead atoms. The molecule has 1 amide bonds. The average molecular weight is 399 g/mol. The third-order valence-electron chi connectivity index (χ3n) is 5.30. The normalized spacial score (nSPS) is 16.4. The Bertz CT molecular complexity index is 815. The van der Waals surface area contributed by atoms with E-state index in [1.807, 2.05) is 6.07 Å². The second kappa shape index (κ2) is 9.73. The lowest BCUT2D eigenvalue weighted by Crippen LogP contribution is -2.42. The number of carbonyl (C=O) groups excluding carboxylic acids is 1. The van der Waals surface area contributed by atoms with E-state index in [4.69, 9.17) is 0 Å². The minimum atomic E-state index is -0.525. The van der Waals surface area contributed by atoms with Gasteiger partial charge in [0.05, 0.1) is 19.3 Å². The van der Waals surface area contributed by atoms with Gasteiger partial charge in [-0.3, -0.25) is 9.69 Å². The van der Waals surface area contributed by atoms with Gasteiger partial charge in [-0.2, -0.15) is 0 Å². The molecule has 156 valence electrons. The van der Waals surface area contributed by atoms with Crippen LogP contribution in [0.4, 0.5) is 11.4 Å². The van der Waals surface area contributed by atoms with Crippen LogP contribution in [0.1, 0.15) is 37.0 Å². The van der Waals surface area contributed by atoms with Crippen molar-refractivity contribution in [1.82, 2.24) is 4.90 Å². The molecule has 1 aliphatic rings. The standard InChI is InChI=1S/C22H29N3O4/c1-15(27)16-5-7-17(8-6-16)24-22(29)13-25-11-9-18(10-12-25)23-20-3-2-4-21(28)19(20)14-26/h2-8,15,18,23,26-28H,9-14H2,1H3,(H,24,29). The van der Waals surface area contributed by atoms with E-state index in [2.05, 4.69) is 15.5 Å². The third-order valence-corrected chi connectivity index (χ3v) is 5.30. The molecule has 0 radical (unpaired) electrons. The molecule has 7 nitrogen and oxygen atoms in total. The summed E-state index contributed by atoms with van der Waals surface area (Å²) in [7, 11) is 0. The molecule has 29 heavy (non-hydrogen) atoms. The van der Waals surface area contributed by atoms with E-state index in [9.17, 15) is 20.1 Å². The highest BCUT2D eigenvalue weighted by Gasteiger charge is 2.22. The number of aromatic hydroxyl groups is 1. The van der Waals surface area contributed by atoms with E-state index in [0.29, 0.717) is 12.1 Å². The molecule has 0 saturated carbocycles. The van der Waals surface area contributed by atoms with Gasteiger partial charge in [-0.1, -0.05) is 18.2 Å². The number of likely N-dealkylation sites (tertiary alicyclic amines) is 1. The molecule has 1 fully saturated rings. The number of amides is 1. The van der Waals surface area contributed by atoms with Crippen molar-refractivity contribution in [2.45, 2.75) is 38.5 Å². The number of phenols is 1. The number of nitrogens with zero attached hydrogens (tertiary/aromatic N) is 1. The van der Waals surface area contributed by atoms with Crippen LogP contribution >= 0.6 is 0 Å². The van der Waals surface area contributed by atoms with E-state index in [1.54, 1.807) is 43.3 Å². The minimum absolute atomic E-state index is 0.0586. The first-order valence-electron chi connectivity index (χ1n) is 9.94. The molecular weight excluding hydrogens is 370 g/mol. The Balaban J connectivity index is 1.46. The van der Waals surface area contributed by atoms with Crippen LogP contribution in [0.3, 0.4) is 0 Å². The fraction of sp³-hybridized carbons (Fsp3) is 0.409. The van der Waals surface area contributed by atoms with Crippen molar-refractivity contribution in [2.75, 3.05) is 30.3 Å². The molecule has 7 heteroatoms. The smallest absolute Gasteiger partial charge is 0.238 e. The largest absolute Gasteiger partial charge is 0.508 e. The van der Waals surface area contributed by atoms with Gasteiger partial charge in [-0.15, -0.1) is 0 Å². The predicted octanol–water partition coefficient (Wildman–Crippen LogP) is 2.45. The maximum absolute atomic E-state index is 12.3. The molecule has 1 unspecified atom stereocenters. The van der Waals surface area contributed by atoms with Crippen molar-refractivity contribution in [3.05, 3.63) is 53.6 Å². The molecule has 2 aromatic carbocycles. The topological polar surface area (TPSA) is 105 Å². The van der Waals surface area contributed by atoms with E-state index >= 15 is 0 Å². The molecule has 0 aromatic heterocycles.